The summed E-state index contributed by atoms with van der Waals surface area (Å²) >= 11 is 0. The first kappa shape index (κ1) is 79.4. The number of nitrogens with one attached hydrogen (secondary N) is 2. The average Bonchev–Trinajstić information content (AvgIpc) is 0.832. The SMILES string of the molecule is CC(C)c1ccc(C2(C)CCN(C)CC2)cn1.CC(C)c1ccc(C2(C)CCNCC2)cn1.CC(C)c1ccc(C2(O)CCN(C)CC2)cn1.CC(C)c1ccc(C2CCN(C)C(=O)C2)cn1.CC(C)c1ccc(C2CCNCC2)cn1.CC(C)c1ccc(CN2CCOCC2)cn1. The van der Waals surface area contributed by atoms with Crippen LogP contribution in [-0.4, -0.2) is 167 Å². The summed E-state index contributed by atoms with van der Waals surface area (Å²) in [5, 5.41) is 17.4. The highest BCUT2D eigenvalue weighted by molar-refractivity contribution is 5.77. The number of ether oxygens (including phenoxy) is 1. The van der Waals surface area contributed by atoms with Crippen LogP contribution in [0.1, 0.15) is 276 Å². The van der Waals surface area contributed by atoms with Gasteiger partial charge in [-0.25, -0.2) is 0 Å². The number of rotatable bonds is 13. The molecule has 538 valence electrons. The van der Waals surface area contributed by atoms with Crippen molar-refractivity contribution in [2.24, 2.45) is 0 Å². The molecule has 6 fully saturated rings. The first-order valence-electron chi connectivity index (χ1n) is 37.6. The van der Waals surface area contributed by atoms with E-state index in [-0.39, 0.29) is 5.91 Å². The Hall–Kier alpha value is -5.91. The number of aromatic nitrogens is 6. The minimum Gasteiger partial charge on any atom is -0.385 e. The molecule has 6 aromatic rings. The van der Waals surface area contributed by atoms with Gasteiger partial charge in [0.2, 0.25) is 5.91 Å². The largest absolute Gasteiger partial charge is 0.385 e. The topological polar surface area (TPSA) is 161 Å². The number of hydrogen-bond donors (Lipinski definition) is 3. The lowest BCUT2D eigenvalue weighted by Crippen LogP contribution is -2.40. The van der Waals surface area contributed by atoms with E-state index in [4.69, 9.17) is 4.74 Å². The molecule has 1 atom stereocenters. The molecule has 0 saturated carbocycles. The highest BCUT2D eigenvalue weighted by Gasteiger charge is 2.34. The van der Waals surface area contributed by atoms with Gasteiger partial charge in [-0.15, -0.1) is 0 Å². The van der Waals surface area contributed by atoms with Crippen LogP contribution in [-0.2, 0) is 32.5 Å². The molecular formula is C83H128N12O3. The molecular weight excluding hydrogens is 1210 g/mol. The lowest BCUT2D eigenvalue weighted by molar-refractivity contribution is -0.132. The fourth-order valence-electron chi connectivity index (χ4n) is 13.4. The third-order valence-corrected chi connectivity index (χ3v) is 21.4. The van der Waals surface area contributed by atoms with Crippen LogP contribution in [0, 0.1) is 0 Å². The molecule has 15 heteroatoms. The summed E-state index contributed by atoms with van der Waals surface area (Å²) in [6.45, 7) is 45.2. The van der Waals surface area contributed by atoms with Gasteiger partial charge >= 0.3 is 0 Å². The number of amides is 1. The van der Waals surface area contributed by atoms with Gasteiger partial charge in [-0.05, 0) is 234 Å². The molecule has 6 aliphatic rings. The van der Waals surface area contributed by atoms with E-state index in [9.17, 15) is 9.90 Å². The van der Waals surface area contributed by atoms with E-state index in [1.807, 2.05) is 42.7 Å². The van der Waals surface area contributed by atoms with Crippen LogP contribution < -0.4 is 10.6 Å². The normalized spacial score (nSPS) is 19.9. The van der Waals surface area contributed by atoms with E-state index < -0.39 is 5.60 Å². The Balaban J connectivity index is 0.000000166. The van der Waals surface area contributed by atoms with E-state index in [0.717, 1.165) is 121 Å². The molecule has 6 saturated heterocycles. The van der Waals surface area contributed by atoms with E-state index in [2.05, 4.69) is 246 Å². The molecule has 98 heavy (non-hydrogen) atoms. The monoisotopic (exact) mass is 1340 g/mol. The Kier molecular flexibility index (Phi) is 31.4. The van der Waals surface area contributed by atoms with Crippen LogP contribution in [0.2, 0.25) is 0 Å². The van der Waals surface area contributed by atoms with Crippen molar-refractivity contribution in [3.8, 4) is 0 Å². The third kappa shape index (κ3) is 24.4. The smallest absolute Gasteiger partial charge is 0.222 e. The molecule has 1 amide bonds. The highest BCUT2D eigenvalue weighted by Crippen LogP contribution is 2.37. The van der Waals surface area contributed by atoms with Gasteiger partial charge in [-0.2, -0.15) is 0 Å². The molecule has 1 unspecified atom stereocenters. The van der Waals surface area contributed by atoms with Crippen LogP contribution in [0.4, 0.5) is 0 Å². The number of likely N-dealkylation sites (tertiary alicyclic amines) is 3. The number of carbonyl (C=O) groups excluding carboxylic acids is 1. The first-order valence-corrected chi connectivity index (χ1v) is 37.6. The van der Waals surface area contributed by atoms with Crippen molar-refractivity contribution in [1.82, 2.24) is 60.1 Å². The molecule has 15 nitrogen and oxygen atoms in total. The van der Waals surface area contributed by atoms with Crippen molar-refractivity contribution < 1.29 is 14.6 Å². The second kappa shape index (κ2) is 38.8. The fourth-order valence-corrected chi connectivity index (χ4v) is 13.4. The van der Waals surface area contributed by atoms with Gasteiger partial charge in [0, 0.05) is 130 Å². The van der Waals surface area contributed by atoms with Crippen molar-refractivity contribution in [1.29, 1.82) is 0 Å². The number of nitrogens with zero attached hydrogens (tertiary/aromatic N) is 10. The van der Waals surface area contributed by atoms with Gasteiger partial charge in [0.1, 0.15) is 0 Å². The van der Waals surface area contributed by atoms with E-state index >= 15 is 0 Å². The summed E-state index contributed by atoms with van der Waals surface area (Å²) in [5.74, 6) is 4.31. The molecule has 0 aromatic carbocycles. The molecule has 12 heterocycles. The minimum atomic E-state index is -0.672. The van der Waals surface area contributed by atoms with Crippen LogP contribution in [0.3, 0.4) is 0 Å². The molecule has 3 N–H and O–H groups in total. The Labute approximate surface area is 593 Å². The number of aliphatic hydroxyl groups is 1. The zero-order chi connectivity index (χ0) is 71.0. The number of pyridine rings is 6. The van der Waals surface area contributed by atoms with Crippen molar-refractivity contribution in [3.05, 3.63) is 178 Å². The first-order chi connectivity index (χ1) is 46.7. The van der Waals surface area contributed by atoms with Crippen molar-refractivity contribution in [2.75, 3.05) is 106 Å². The van der Waals surface area contributed by atoms with E-state index in [1.54, 1.807) is 0 Å². The molecule has 0 radical (unpaired) electrons. The third-order valence-electron chi connectivity index (χ3n) is 21.4. The number of piperidine rings is 5. The van der Waals surface area contributed by atoms with Crippen LogP contribution in [0.25, 0.3) is 0 Å². The number of hydrogen-bond acceptors (Lipinski definition) is 14. The number of morpholine rings is 1. The maximum atomic E-state index is 11.7. The van der Waals surface area contributed by atoms with Crippen LogP contribution in [0.15, 0.2) is 110 Å². The second-order valence-electron chi connectivity index (χ2n) is 31.4. The Morgan fingerprint density at radius 2 is 0.816 bits per heavy atom. The van der Waals surface area contributed by atoms with Crippen LogP contribution >= 0.6 is 0 Å². The highest BCUT2D eigenvalue weighted by atomic mass is 16.5. The second-order valence-corrected chi connectivity index (χ2v) is 31.4. The van der Waals surface area contributed by atoms with Gasteiger partial charge in [-0.3, -0.25) is 39.6 Å². The predicted octanol–water partition coefficient (Wildman–Crippen LogP) is 15.4. The summed E-state index contributed by atoms with van der Waals surface area (Å²) in [6.07, 6.45) is 22.7. The molecule has 0 spiro atoms. The quantitative estimate of drug-likeness (QED) is 0.100. The lowest BCUT2D eigenvalue weighted by atomic mass is 9.75. The van der Waals surface area contributed by atoms with E-state index in [0.29, 0.717) is 58.7 Å². The van der Waals surface area contributed by atoms with Crippen LogP contribution in [0.5, 0.6) is 0 Å². The Morgan fingerprint density at radius 1 is 0.439 bits per heavy atom. The summed E-state index contributed by atoms with van der Waals surface area (Å²) < 4.78 is 5.33. The molecule has 12 rings (SSSR count). The maximum Gasteiger partial charge on any atom is 0.222 e. The minimum absolute atomic E-state index is 0.245. The number of carbonyl (C=O) groups is 1. The maximum absolute atomic E-state index is 11.7. The van der Waals surface area contributed by atoms with Crippen molar-refractivity contribution in [3.63, 3.8) is 0 Å². The summed E-state index contributed by atoms with van der Waals surface area (Å²) in [4.78, 5) is 47.7. The molecule has 6 aliphatic heterocycles. The Morgan fingerprint density at radius 3 is 1.20 bits per heavy atom. The van der Waals surface area contributed by atoms with Crippen molar-refractivity contribution in [2.45, 2.75) is 231 Å². The van der Waals surface area contributed by atoms with Gasteiger partial charge < -0.3 is 35.2 Å². The zero-order valence-corrected chi connectivity index (χ0v) is 63.7. The predicted molar refractivity (Wildman–Crippen MR) is 405 cm³/mol. The standard InChI is InChI=1S/C15H24N2.C14H22N2O.C14H20N2O.C14H22N2.C13H20N2O.C13H20N2/c1-12(2)14-6-5-13(11-16-14)15(3)7-9-17(4)10-8-15;1-11(2)13-5-4-12(10-15-13)14(17)6-8-16(3)9-7-14;1-10(2)13-5-4-12(9-15-13)11-6-7-16(3)14(17)8-11;1-11(2)13-5-4-12(10-16-13)14(3)6-8-15-9-7-14;1-11(2)13-4-3-12(9-14-13)10-15-5-7-16-8-6-15;1-10(2)13-4-3-12(9-15-13)11-5-7-14-8-6-11/h5-6,11-12H,7-10H2,1-4H3;4-5,10-11,17H,6-9H2,1-3H3;4-5,9-11H,6-8H2,1-3H3;4-5,10-11,15H,6-9H2,1-3H3;3-4,9,11H,5-8,10H2,1-2H3;3-4,9-11,14H,5-8H2,1-2H3. The zero-order valence-electron chi connectivity index (χ0n) is 63.7. The van der Waals surface area contributed by atoms with Gasteiger partial charge in [-0.1, -0.05) is 133 Å². The Bertz CT molecular complexity index is 3120. The lowest BCUT2D eigenvalue weighted by Gasteiger charge is -2.38. The van der Waals surface area contributed by atoms with Gasteiger partial charge in [0.25, 0.3) is 0 Å². The van der Waals surface area contributed by atoms with E-state index in [1.165, 1.54) is 102 Å². The summed E-state index contributed by atoms with van der Waals surface area (Å²) in [6, 6.07) is 26.0. The average molecular weight is 1340 g/mol. The summed E-state index contributed by atoms with van der Waals surface area (Å²) in [7, 11) is 6.18. The molecule has 6 aromatic heterocycles. The summed E-state index contributed by atoms with van der Waals surface area (Å²) in [5.41, 5.74) is 14.7. The molecule has 0 bridgehead atoms. The fraction of sp³-hybridized carbons (Fsp3) is 0.627. The van der Waals surface area contributed by atoms with Gasteiger partial charge in [0.15, 0.2) is 0 Å². The molecule has 0 aliphatic carbocycles. The van der Waals surface area contributed by atoms with Crippen molar-refractivity contribution >= 4 is 5.91 Å². The van der Waals surface area contributed by atoms with Gasteiger partial charge in [0.05, 0.1) is 18.8 Å².